The SMILES string of the molecule is CS(C)(=O)=NC(=O)COC(=O)CCSc1ccccc1. The normalized spacial score (nSPS) is 10.9. The number of benzene rings is 1. The Morgan fingerprint density at radius 1 is 1.25 bits per heavy atom. The number of rotatable bonds is 6. The van der Waals surface area contributed by atoms with Crippen LogP contribution in [-0.4, -0.2) is 41.0 Å². The molecule has 7 heteroatoms. The molecule has 1 aromatic carbocycles. The fraction of sp³-hybridized carbons (Fsp3) is 0.385. The summed E-state index contributed by atoms with van der Waals surface area (Å²) in [7, 11) is -2.49. The number of carbonyl (C=O) groups excluding carboxylic acids is 2. The Labute approximate surface area is 123 Å². The van der Waals surface area contributed by atoms with Crippen molar-refractivity contribution in [3.05, 3.63) is 30.3 Å². The van der Waals surface area contributed by atoms with Crippen LogP contribution in [0.5, 0.6) is 0 Å². The van der Waals surface area contributed by atoms with Gasteiger partial charge in [0.05, 0.1) is 6.42 Å². The predicted octanol–water partition coefficient (Wildman–Crippen LogP) is 1.97. The summed E-state index contributed by atoms with van der Waals surface area (Å²) in [6.07, 6.45) is 2.91. The predicted molar refractivity (Wildman–Crippen MR) is 80.2 cm³/mol. The molecule has 20 heavy (non-hydrogen) atoms. The van der Waals surface area contributed by atoms with Gasteiger partial charge in [-0.1, -0.05) is 18.2 Å². The van der Waals surface area contributed by atoms with Gasteiger partial charge >= 0.3 is 5.97 Å². The summed E-state index contributed by atoms with van der Waals surface area (Å²) in [5, 5.41) is 0. The molecule has 0 unspecified atom stereocenters. The smallest absolute Gasteiger partial charge is 0.307 e. The van der Waals surface area contributed by atoms with Crippen molar-refractivity contribution in [1.29, 1.82) is 0 Å². The lowest BCUT2D eigenvalue weighted by Crippen LogP contribution is -2.14. The van der Waals surface area contributed by atoms with Crippen molar-refractivity contribution in [2.75, 3.05) is 24.9 Å². The molecule has 0 spiro atoms. The number of thioether (sulfide) groups is 1. The van der Waals surface area contributed by atoms with Crippen molar-refractivity contribution in [3.63, 3.8) is 0 Å². The minimum atomic E-state index is -2.49. The summed E-state index contributed by atoms with van der Waals surface area (Å²) in [6.45, 7) is -0.451. The van der Waals surface area contributed by atoms with E-state index in [1.165, 1.54) is 24.3 Å². The minimum absolute atomic E-state index is 0.209. The van der Waals surface area contributed by atoms with Gasteiger partial charge in [-0.05, 0) is 12.1 Å². The summed E-state index contributed by atoms with van der Waals surface area (Å²) in [5.41, 5.74) is 0. The molecule has 1 amide bonds. The van der Waals surface area contributed by atoms with Crippen LogP contribution in [0.1, 0.15) is 6.42 Å². The maximum Gasteiger partial charge on any atom is 0.307 e. The van der Waals surface area contributed by atoms with Crippen molar-refractivity contribution in [3.8, 4) is 0 Å². The molecule has 0 aromatic heterocycles. The molecule has 0 aliphatic rings. The van der Waals surface area contributed by atoms with Crippen molar-refractivity contribution >= 4 is 33.4 Å². The van der Waals surface area contributed by atoms with Gasteiger partial charge in [0, 0.05) is 32.9 Å². The second-order valence-electron chi connectivity index (χ2n) is 4.24. The minimum Gasteiger partial charge on any atom is -0.455 e. The Morgan fingerprint density at radius 2 is 1.90 bits per heavy atom. The van der Waals surface area contributed by atoms with Gasteiger partial charge in [0.15, 0.2) is 6.61 Å². The molecule has 0 saturated heterocycles. The summed E-state index contributed by atoms with van der Waals surface area (Å²) in [4.78, 5) is 23.7. The van der Waals surface area contributed by atoms with Crippen molar-refractivity contribution < 1.29 is 18.5 Å². The first-order valence-electron chi connectivity index (χ1n) is 5.90. The first kappa shape index (κ1) is 16.7. The highest BCUT2D eigenvalue weighted by atomic mass is 32.2. The average Bonchev–Trinajstić information content (AvgIpc) is 2.36. The van der Waals surface area contributed by atoms with Crippen LogP contribution in [0, 0.1) is 0 Å². The second-order valence-corrected chi connectivity index (χ2v) is 7.95. The van der Waals surface area contributed by atoms with Crippen molar-refractivity contribution in [1.82, 2.24) is 0 Å². The third-order valence-corrected chi connectivity index (χ3v) is 3.65. The number of esters is 1. The monoisotopic (exact) mass is 315 g/mol. The zero-order valence-corrected chi connectivity index (χ0v) is 13.0. The standard InChI is InChI=1S/C13H17NO4S2/c1-20(2,17)14-12(15)10-18-13(16)8-9-19-11-6-4-3-5-7-11/h3-7H,8-10H2,1-2H3. The lowest BCUT2D eigenvalue weighted by Gasteiger charge is -2.03. The molecular weight excluding hydrogens is 298 g/mol. The van der Waals surface area contributed by atoms with Crippen molar-refractivity contribution in [2.24, 2.45) is 4.36 Å². The molecule has 0 saturated carbocycles. The highest BCUT2D eigenvalue weighted by Crippen LogP contribution is 2.17. The lowest BCUT2D eigenvalue weighted by atomic mass is 10.4. The summed E-state index contributed by atoms with van der Waals surface area (Å²) >= 11 is 1.54. The Balaban J connectivity index is 2.25. The molecule has 0 aliphatic carbocycles. The quantitative estimate of drug-likeness (QED) is 0.593. The zero-order valence-electron chi connectivity index (χ0n) is 11.4. The van der Waals surface area contributed by atoms with Gasteiger partial charge in [-0.2, -0.15) is 4.36 Å². The fourth-order valence-corrected chi connectivity index (χ4v) is 2.65. The van der Waals surface area contributed by atoms with Crippen LogP contribution in [0.3, 0.4) is 0 Å². The Bertz CT molecular complexity index is 569. The molecule has 0 fully saturated rings. The van der Waals surface area contributed by atoms with Crippen LogP contribution in [-0.2, 0) is 24.1 Å². The number of ether oxygens (including phenoxy) is 1. The third-order valence-electron chi connectivity index (χ3n) is 2.00. The maximum absolute atomic E-state index is 11.4. The van der Waals surface area contributed by atoms with E-state index in [-0.39, 0.29) is 6.42 Å². The molecular formula is C13H17NO4S2. The highest BCUT2D eigenvalue weighted by molar-refractivity contribution is 7.99. The molecule has 0 atom stereocenters. The summed E-state index contributed by atoms with van der Waals surface area (Å²) < 4.78 is 19.4. The van der Waals surface area contributed by atoms with Crippen LogP contribution in [0.25, 0.3) is 0 Å². The Hall–Kier alpha value is -1.34. The highest BCUT2D eigenvalue weighted by Gasteiger charge is 2.08. The van der Waals surface area contributed by atoms with Crippen LogP contribution in [0.4, 0.5) is 0 Å². The van der Waals surface area contributed by atoms with Crippen LogP contribution in [0.15, 0.2) is 39.6 Å². The van der Waals surface area contributed by atoms with E-state index < -0.39 is 28.2 Å². The average molecular weight is 315 g/mol. The van der Waals surface area contributed by atoms with E-state index in [4.69, 9.17) is 4.74 Å². The van der Waals surface area contributed by atoms with E-state index in [1.54, 1.807) is 0 Å². The Kier molecular flexibility index (Phi) is 6.74. The topological polar surface area (TPSA) is 72.8 Å². The van der Waals surface area contributed by atoms with E-state index in [0.29, 0.717) is 5.75 Å². The number of carbonyl (C=O) groups is 2. The molecule has 110 valence electrons. The second kappa shape index (κ2) is 8.06. The molecule has 1 rings (SSSR count). The molecule has 0 radical (unpaired) electrons. The summed E-state index contributed by atoms with van der Waals surface area (Å²) in [5.74, 6) is -0.563. The van der Waals surface area contributed by atoms with Gasteiger partial charge in [-0.25, -0.2) is 4.21 Å². The van der Waals surface area contributed by atoms with Gasteiger partial charge in [0.1, 0.15) is 0 Å². The van der Waals surface area contributed by atoms with E-state index in [2.05, 4.69) is 4.36 Å². The van der Waals surface area contributed by atoms with Crippen LogP contribution < -0.4 is 0 Å². The van der Waals surface area contributed by atoms with Gasteiger partial charge in [-0.15, -0.1) is 11.8 Å². The lowest BCUT2D eigenvalue weighted by molar-refractivity contribution is -0.147. The zero-order chi connectivity index (χ0) is 15.0. The number of hydrogen-bond acceptors (Lipinski definition) is 5. The maximum atomic E-state index is 11.4. The third kappa shape index (κ3) is 7.96. The number of hydrogen-bond donors (Lipinski definition) is 0. The molecule has 0 bridgehead atoms. The fourth-order valence-electron chi connectivity index (χ4n) is 1.25. The Morgan fingerprint density at radius 3 is 2.50 bits per heavy atom. The molecule has 0 aliphatic heterocycles. The summed E-state index contributed by atoms with van der Waals surface area (Å²) in [6, 6.07) is 9.68. The molecule has 0 heterocycles. The van der Waals surface area contributed by atoms with Crippen molar-refractivity contribution in [2.45, 2.75) is 11.3 Å². The first-order valence-corrected chi connectivity index (χ1v) is 9.22. The largest absolute Gasteiger partial charge is 0.455 e. The van der Waals surface area contributed by atoms with Crippen LogP contribution >= 0.6 is 11.8 Å². The molecule has 5 nitrogen and oxygen atoms in total. The number of nitrogens with zero attached hydrogens (tertiary/aromatic N) is 1. The van der Waals surface area contributed by atoms with Gasteiger partial charge in [-0.3, -0.25) is 9.59 Å². The van der Waals surface area contributed by atoms with E-state index in [0.717, 1.165) is 4.90 Å². The first-order chi connectivity index (χ1) is 9.37. The van der Waals surface area contributed by atoms with E-state index in [1.807, 2.05) is 30.3 Å². The van der Waals surface area contributed by atoms with Gasteiger partial charge < -0.3 is 4.74 Å². The van der Waals surface area contributed by atoms with E-state index >= 15 is 0 Å². The molecule has 1 aromatic rings. The van der Waals surface area contributed by atoms with Gasteiger partial charge in [0.2, 0.25) is 0 Å². The van der Waals surface area contributed by atoms with E-state index in [9.17, 15) is 13.8 Å². The van der Waals surface area contributed by atoms with Crippen LogP contribution in [0.2, 0.25) is 0 Å². The molecule has 0 N–H and O–H groups in total. The number of amides is 1. The van der Waals surface area contributed by atoms with Gasteiger partial charge in [0.25, 0.3) is 5.91 Å².